The molecule has 0 aliphatic carbocycles. The Balaban J connectivity index is 1.39. The van der Waals surface area contributed by atoms with Gasteiger partial charge in [0.15, 0.2) is 5.25 Å². The van der Waals surface area contributed by atoms with Gasteiger partial charge in [-0.1, -0.05) is 31.0 Å². The van der Waals surface area contributed by atoms with Gasteiger partial charge < -0.3 is 10.2 Å². The van der Waals surface area contributed by atoms with Crippen LogP contribution in [0.4, 0.5) is 11.4 Å². The lowest BCUT2D eigenvalue weighted by Gasteiger charge is -2.29. The van der Waals surface area contributed by atoms with Crippen molar-refractivity contribution in [3.05, 3.63) is 48.0 Å². The molecular weight excluding hydrogens is 446 g/mol. The van der Waals surface area contributed by atoms with Crippen LogP contribution in [-0.4, -0.2) is 50.0 Å². The van der Waals surface area contributed by atoms with Gasteiger partial charge in [-0.05, 0) is 49.1 Å². The lowest BCUT2D eigenvalue weighted by molar-refractivity contribution is -0.133. The molecule has 9 heteroatoms. The van der Waals surface area contributed by atoms with Crippen molar-refractivity contribution < 1.29 is 18.0 Å². The Morgan fingerprint density at radius 2 is 1.75 bits per heavy atom. The Labute approximate surface area is 192 Å². The van der Waals surface area contributed by atoms with E-state index in [1.807, 2.05) is 24.3 Å². The van der Waals surface area contributed by atoms with E-state index >= 15 is 0 Å². The van der Waals surface area contributed by atoms with Gasteiger partial charge in [0.25, 0.3) is 10.0 Å². The lowest BCUT2D eigenvalue weighted by atomic mass is 10.2. The van der Waals surface area contributed by atoms with E-state index < -0.39 is 21.2 Å². The van der Waals surface area contributed by atoms with Gasteiger partial charge in [-0.3, -0.25) is 13.9 Å². The van der Waals surface area contributed by atoms with E-state index in [0.29, 0.717) is 42.3 Å². The summed E-state index contributed by atoms with van der Waals surface area (Å²) >= 11 is 1.20. The number of hydrogen-bond donors (Lipinski definition) is 1. The molecule has 0 radical (unpaired) electrons. The molecule has 2 amide bonds. The number of carbonyl (C=O) groups excluding carboxylic acids is 2. The summed E-state index contributed by atoms with van der Waals surface area (Å²) in [6, 6.07) is 12.2. The molecule has 0 unspecified atom stereocenters. The monoisotopic (exact) mass is 471 g/mol. The number of anilines is 2. The van der Waals surface area contributed by atoms with Gasteiger partial charge in [-0.15, -0.1) is 11.8 Å². The molecule has 2 aromatic carbocycles. The van der Waals surface area contributed by atoms with E-state index in [-0.39, 0.29) is 10.8 Å². The lowest BCUT2D eigenvalue weighted by Crippen LogP contribution is -2.45. The maximum absolute atomic E-state index is 13.3. The van der Waals surface area contributed by atoms with E-state index in [9.17, 15) is 18.0 Å². The van der Waals surface area contributed by atoms with Crippen LogP contribution in [0.3, 0.4) is 0 Å². The number of sulfonamides is 1. The van der Waals surface area contributed by atoms with Crippen molar-refractivity contribution in [1.29, 1.82) is 0 Å². The summed E-state index contributed by atoms with van der Waals surface area (Å²) in [5, 5.41) is 1.94. The zero-order valence-electron chi connectivity index (χ0n) is 17.6. The fourth-order valence-corrected chi connectivity index (χ4v) is 7.14. The van der Waals surface area contributed by atoms with Crippen LogP contribution in [0.2, 0.25) is 0 Å². The molecule has 0 bridgehead atoms. The summed E-state index contributed by atoms with van der Waals surface area (Å²) in [6.45, 7) is 1.77. The third kappa shape index (κ3) is 3.77. The van der Waals surface area contributed by atoms with E-state index in [1.165, 1.54) is 22.1 Å². The number of likely N-dealkylation sites (tertiary alicyclic amines) is 1. The number of carbonyl (C=O) groups is 2. The van der Waals surface area contributed by atoms with Gasteiger partial charge in [0.2, 0.25) is 11.8 Å². The molecule has 3 heterocycles. The third-order valence-electron chi connectivity index (χ3n) is 6.27. The van der Waals surface area contributed by atoms with E-state index in [4.69, 9.17) is 0 Å². The Kier molecular flexibility index (Phi) is 5.63. The van der Waals surface area contributed by atoms with E-state index in [2.05, 4.69) is 5.32 Å². The first-order chi connectivity index (χ1) is 15.4. The van der Waals surface area contributed by atoms with Crippen molar-refractivity contribution in [1.82, 2.24) is 4.90 Å². The van der Waals surface area contributed by atoms with Crippen molar-refractivity contribution in [3.8, 4) is 0 Å². The fourth-order valence-electron chi connectivity index (χ4n) is 4.55. The summed E-state index contributed by atoms with van der Waals surface area (Å²) < 4.78 is 28.1. The van der Waals surface area contributed by atoms with Crippen LogP contribution in [0.25, 0.3) is 0 Å². The first-order valence-corrected chi connectivity index (χ1v) is 13.3. The maximum Gasteiger partial charge on any atom is 0.264 e. The molecule has 3 aliphatic heterocycles. The molecule has 1 atom stereocenters. The van der Waals surface area contributed by atoms with Crippen molar-refractivity contribution in [2.45, 2.75) is 47.1 Å². The zero-order valence-corrected chi connectivity index (χ0v) is 19.3. The average Bonchev–Trinajstić information content (AvgIpc) is 3.05. The van der Waals surface area contributed by atoms with E-state index in [1.54, 1.807) is 17.0 Å². The molecular formula is C23H25N3O4S2. The minimum Gasteiger partial charge on any atom is -0.341 e. The molecule has 168 valence electrons. The highest BCUT2D eigenvalue weighted by Crippen LogP contribution is 2.39. The highest BCUT2D eigenvalue weighted by Gasteiger charge is 2.37. The number of nitrogens with one attached hydrogen (secondary N) is 1. The zero-order chi connectivity index (χ0) is 22.3. The predicted molar refractivity (Wildman–Crippen MR) is 124 cm³/mol. The van der Waals surface area contributed by atoms with Crippen LogP contribution < -0.4 is 9.62 Å². The van der Waals surface area contributed by atoms with Crippen molar-refractivity contribution in [3.63, 3.8) is 0 Å². The Morgan fingerprint density at radius 1 is 1.00 bits per heavy atom. The van der Waals surface area contributed by atoms with Gasteiger partial charge in [-0.2, -0.15) is 0 Å². The van der Waals surface area contributed by atoms with Crippen LogP contribution in [0, 0.1) is 0 Å². The van der Waals surface area contributed by atoms with Crippen LogP contribution in [0.5, 0.6) is 0 Å². The topological polar surface area (TPSA) is 86.8 Å². The molecule has 0 aromatic heterocycles. The average molecular weight is 472 g/mol. The van der Waals surface area contributed by atoms with Gasteiger partial charge in [-0.25, -0.2) is 8.42 Å². The number of fused-ring (bicyclic) bond motifs is 2. The first kappa shape index (κ1) is 21.3. The van der Waals surface area contributed by atoms with Crippen molar-refractivity contribution in [2.75, 3.05) is 29.3 Å². The standard InChI is InChI=1S/C23H25N3O4S2/c27-22-21(23(28)25-12-5-1-2-6-13-25)31-20-10-9-17(15-18(20)24-22)32(29,30)26-14-11-16-7-3-4-8-19(16)26/h3-4,7-10,15,21H,1-2,5-6,11-14H2,(H,24,27)/t21-/m0/s1. The predicted octanol–water partition coefficient (Wildman–Crippen LogP) is 3.25. The first-order valence-electron chi connectivity index (χ1n) is 11.0. The largest absolute Gasteiger partial charge is 0.341 e. The number of para-hydroxylation sites is 1. The summed E-state index contributed by atoms with van der Waals surface area (Å²) in [7, 11) is -3.76. The minimum atomic E-state index is -3.76. The summed E-state index contributed by atoms with van der Waals surface area (Å²) in [6.07, 6.45) is 4.81. The fraction of sp³-hybridized carbons (Fsp3) is 0.391. The second-order valence-corrected chi connectivity index (χ2v) is 11.3. The second kappa shape index (κ2) is 8.44. The number of rotatable bonds is 3. The summed E-state index contributed by atoms with van der Waals surface area (Å²) in [5.41, 5.74) is 2.15. The molecule has 1 fully saturated rings. The van der Waals surface area contributed by atoms with Crippen LogP contribution in [0.15, 0.2) is 52.3 Å². The second-order valence-electron chi connectivity index (χ2n) is 8.34. The van der Waals surface area contributed by atoms with Crippen LogP contribution >= 0.6 is 11.8 Å². The molecule has 7 nitrogen and oxygen atoms in total. The molecule has 5 rings (SSSR count). The van der Waals surface area contributed by atoms with Gasteiger partial charge in [0.1, 0.15) is 0 Å². The molecule has 0 saturated carbocycles. The summed E-state index contributed by atoms with van der Waals surface area (Å²) in [4.78, 5) is 28.4. The van der Waals surface area contributed by atoms with Gasteiger partial charge >= 0.3 is 0 Å². The van der Waals surface area contributed by atoms with E-state index in [0.717, 1.165) is 31.2 Å². The van der Waals surface area contributed by atoms with Crippen molar-refractivity contribution >= 4 is 45.0 Å². The Hall–Kier alpha value is -2.52. The molecule has 1 saturated heterocycles. The Morgan fingerprint density at radius 3 is 2.53 bits per heavy atom. The molecule has 1 N–H and O–H groups in total. The highest BCUT2D eigenvalue weighted by molar-refractivity contribution is 8.01. The minimum absolute atomic E-state index is 0.131. The maximum atomic E-state index is 13.3. The number of amides is 2. The molecule has 3 aliphatic rings. The summed E-state index contributed by atoms with van der Waals surface area (Å²) in [5.74, 6) is -0.553. The molecule has 32 heavy (non-hydrogen) atoms. The molecule has 0 spiro atoms. The smallest absolute Gasteiger partial charge is 0.264 e. The van der Waals surface area contributed by atoms with Gasteiger partial charge in [0.05, 0.1) is 16.3 Å². The number of hydrogen-bond acceptors (Lipinski definition) is 5. The number of nitrogens with zero attached hydrogens (tertiary/aromatic N) is 2. The Bertz CT molecular complexity index is 1170. The van der Waals surface area contributed by atoms with Crippen LogP contribution in [-0.2, 0) is 26.0 Å². The number of benzene rings is 2. The highest BCUT2D eigenvalue weighted by atomic mass is 32.2. The SMILES string of the molecule is O=C1Nc2cc(S(=O)(=O)N3CCc4ccccc43)ccc2S[C@@H]1C(=O)N1CCCCCC1. The molecule has 2 aromatic rings. The van der Waals surface area contributed by atoms with Crippen LogP contribution in [0.1, 0.15) is 31.2 Å². The quantitative estimate of drug-likeness (QED) is 0.695. The normalized spacial score (nSPS) is 20.9. The van der Waals surface area contributed by atoms with Gasteiger partial charge in [0, 0.05) is 24.5 Å². The van der Waals surface area contributed by atoms with Crippen molar-refractivity contribution in [2.24, 2.45) is 0 Å². The third-order valence-corrected chi connectivity index (χ3v) is 9.34. The number of thioether (sulfide) groups is 1.